The van der Waals surface area contributed by atoms with E-state index in [4.69, 9.17) is 10.0 Å². The fraction of sp³-hybridized carbons (Fsp3) is 0.0270. The van der Waals surface area contributed by atoms with E-state index in [9.17, 15) is 0 Å². The summed E-state index contributed by atoms with van der Waals surface area (Å²) in [4.78, 5) is 0. The fourth-order valence-electron chi connectivity index (χ4n) is 4.19. The van der Waals surface area contributed by atoms with Crippen LogP contribution in [0.5, 0.6) is 0 Å². The van der Waals surface area contributed by atoms with Crippen LogP contribution >= 0.6 is 86.3 Å². The zero-order valence-electron chi connectivity index (χ0n) is 23.2. The minimum atomic E-state index is -1.39. The van der Waals surface area contributed by atoms with Crippen LogP contribution in [-0.2, 0) is 0 Å². The predicted molar refractivity (Wildman–Crippen MR) is 216 cm³/mol. The molecule has 2 N–H and O–H groups in total. The summed E-state index contributed by atoms with van der Waals surface area (Å²) < 4.78 is 5.68. The van der Waals surface area contributed by atoms with Gasteiger partial charge in [0.15, 0.2) is 0 Å². The van der Waals surface area contributed by atoms with Gasteiger partial charge in [-0.25, -0.2) is 0 Å². The van der Waals surface area contributed by atoms with Crippen molar-refractivity contribution in [3.63, 3.8) is 0 Å². The van der Waals surface area contributed by atoms with Crippen LogP contribution in [0.25, 0.3) is 33.4 Å². The topological polar surface area (TPSA) is 40.5 Å². The van der Waals surface area contributed by atoms with Crippen molar-refractivity contribution in [3.8, 4) is 33.4 Å². The molecule has 0 fully saturated rings. The molecule has 0 saturated carbocycles. The minimum absolute atomic E-state index is 0. The van der Waals surface area contributed by atoms with Gasteiger partial charge in [-0.1, -0.05) is 161 Å². The standard InChI is InChI=1S/C18H12Br2.C12H11BO2.C6H3Br2I.CH4/c19-16-7-4-8-17(20)18(16)15-11-9-14(10-12-15)13-5-2-1-3-6-13;14-13(15)12-8-6-11(7-9-12)10-4-2-1-3-5-10;7-4-2-1-3-5(8)6(4)9;/h1-12H;1-9,14-15H;1-3H;1H4. The third-order valence-electron chi connectivity index (χ3n) is 6.46. The third-order valence-corrected chi connectivity index (χ3v) is 11.8. The van der Waals surface area contributed by atoms with Gasteiger partial charge < -0.3 is 10.0 Å². The van der Waals surface area contributed by atoms with Gasteiger partial charge in [-0.15, -0.1) is 0 Å². The second-order valence-corrected chi connectivity index (χ2v) is 13.9. The minimum Gasteiger partial charge on any atom is -0.423 e. The molecule has 0 atom stereocenters. The van der Waals surface area contributed by atoms with Crippen LogP contribution in [0.1, 0.15) is 7.43 Å². The molecule has 0 amide bonds. The highest BCUT2D eigenvalue weighted by atomic mass is 127. The largest absolute Gasteiger partial charge is 0.488 e. The van der Waals surface area contributed by atoms with E-state index in [1.165, 1.54) is 25.8 Å². The van der Waals surface area contributed by atoms with Crippen molar-refractivity contribution in [2.45, 2.75) is 7.43 Å². The maximum absolute atomic E-state index is 8.94. The summed E-state index contributed by atoms with van der Waals surface area (Å²) in [5.41, 5.74) is 7.56. The molecule has 0 aliphatic rings. The van der Waals surface area contributed by atoms with E-state index >= 15 is 0 Å². The van der Waals surface area contributed by atoms with Gasteiger partial charge in [-0.05, 0) is 112 Å². The molecule has 6 rings (SSSR count). The molecule has 0 heterocycles. The summed E-state index contributed by atoms with van der Waals surface area (Å²) in [6, 6.07) is 48.4. The second-order valence-electron chi connectivity index (χ2n) is 9.44. The van der Waals surface area contributed by atoms with Crippen LogP contribution < -0.4 is 5.46 Å². The Morgan fingerprint density at radius 2 is 0.733 bits per heavy atom. The molecule has 0 spiro atoms. The molecule has 0 aliphatic carbocycles. The molecular weight excluding hydrogens is 934 g/mol. The Hall–Kier alpha value is -2.05. The summed E-state index contributed by atoms with van der Waals surface area (Å²) in [6.07, 6.45) is 0. The van der Waals surface area contributed by atoms with E-state index in [1.54, 1.807) is 12.1 Å². The molecule has 2 nitrogen and oxygen atoms in total. The van der Waals surface area contributed by atoms with Crippen molar-refractivity contribution < 1.29 is 10.0 Å². The Labute approximate surface area is 313 Å². The van der Waals surface area contributed by atoms with Crippen molar-refractivity contribution >= 4 is 98.9 Å². The van der Waals surface area contributed by atoms with Gasteiger partial charge in [0.2, 0.25) is 0 Å². The van der Waals surface area contributed by atoms with Crippen LogP contribution in [0.4, 0.5) is 0 Å². The zero-order valence-corrected chi connectivity index (χ0v) is 31.7. The number of benzene rings is 6. The van der Waals surface area contributed by atoms with E-state index in [1.807, 2.05) is 72.8 Å². The molecule has 228 valence electrons. The molecule has 45 heavy (non-hydrogen) atoms. The van der Waals surface area contributed by atoms with Gasteiger partial charge in [0.25, 0.3) is 0 Å². The first kappa shape index (κ1) is 37.4. The third kappa shape index (κ3) is 11.0. The Morgan fingerprint density at radius 3 is 1.11 bits per heavy atom. The van der Waals surface area contributed by atoms with Gasteiger partial charge in [0.1, 0.15) is 0 Å². The summed E-state index contributed by atoms with van der Waals surface area (Å²) in [7, 11) is -1.39. The lowest BCUT2D eigenvalue weighted by atomic mass is 9.80. The molecule has 0 unspecified atom stereocenters. The van der Waals surface area contributed by atoms with Crippen molar-refractivity contribution in [1.29, 1.82) is 0 Å². The fourth-order valence-corrected chi connectivity index (χ4v) is 7.00. The van der Waals surface area contributed by atoms with Crippen LogP contribution in [0, 0.1) is 3.57 Å². The Kier molecular flexibility index (Phi) is 15.7. The van der Waals surface area contributed by atoms with Crippen molar-refractivity contribution in [2.75, 3.05) is 0 Å². The number of rotatable bonds is 4. The Morgan fingerprint density at radius 1 is 0.400 bits per heavy atom. The summed E-state index contributed by atoms with van der Waals surface area (Å²) >= 11 is 16.3. The zero-order chi connectivity index (χ0) is 31.5. The first-order valence-corrected chi connectivity index (χ1v) is 17.7. The second kappa shape index (κ2) is 18.9. The molecule has 0 aliphatic heterocycles. The predicted octanol–water partition coefficient (Wildman–Crippen LogP) is 12.0. The van der Waals surface area contributed by atoms with Crippen molar-refractivity contribution in [1.82, 2.24) is 0 Å². The Balaban J connectivity index is 0.000000195. The van der Waals surface area contributed by atoms with E-state index in [0.717, 1.165) is 29.0 Å². The smallest absolute Gasteiger partial charge is 0.423 e. The lowest BCUT2D eigenvalue weighted by Crippen LogP contribution is -2.29. The van der Waals surface area contributed by atoms with Gasteiger partial charge in [0, 0.05) is 27.0 Å². The van der Waals surface area contributed by atoms with Crippen LogP contribution in [0.2, 0.25) is 0 Å². The summed E-state index contributed by atoms with van der Waals surface area (Å²) in [5, 5.41) is 17.9. The average molecular weight is 964 g/mol. The first-order valence-electron chi connectivity index (χ1n) is 13.5. The lowest BCUT2D eigenvalue weighted by molar-refractivity contribution is 0.426. The van der Waals surface area contributed by atoms with Gasteiger partial charge in [0.05, 0.1) is 0 Å². The summed E-state index contributed by atoms with van der Waals surface area (Å²) in [6.45, 7) is 0. The van der Waals surface area contributed by atoms with Gasteiger partial charge in [-0.3, -0.25) is 0 Å². The Bertz CT molecular complexity index is 1730. The normalized spacial score (nSPS) is 9.93. The molecule has 0 aromatic heterocycles. The first-order chi connectivity index (χ1) is 21.2. The highest BCUT2D eigenvalue weighted by Crippen LogP contribution is 2.36. The SMILES string of the molecule is Brc1cccc(Br)c1-c1ccc(-c2ccccc2)cc1.Brc1cccc(Br)c1I.C.OB(O)c1ccc(-c2ccccc2)cc1. The number of hydrogen-bond acceptors (Lipinski definition) is 2. The van der Waals surface area contributed by atoms with Crippen LogP contribution in [0.15, 0.2) is 163 Å². The molecule has 8 heteroatoms. The maximum atomic E-state index is 8.94. The maximum Gasteiger partial charge on any atom is 0.488 e. The van der Waals surface area contributed by atoms with Gasteiger partial charge >= 0.3 is 7.12 Å². The highest BCUT2D eigenvalue weighted by Gasteiger charge is 2.10. The average Bonchev–Trinajstić information content (AvgIpc) is 3.05. The quantitative estimate of drug-likeness (QED) is 0.105. The molecule has 0 saturated heterocycles. The summed E-state index contributed by atoms with van der Waals surface area (Å²) in [5.74, 6) is 0. The van der Waals surface area contributed by atoms with Crippen molar-refractivity contribution in [2.24, 2.45) is 0 Å². The lowest BCUT2D eigenvalue weighted by Gasteiger charge is -2.09. The highest BCUT2D eigenvalue weighted by molar-refractivity contribution is 14.1. The molecule has 0 bridgehead atoms. The van der Waals surface area contributed by atoms with E-state index in [-0.39, 0.29) is 7.43 Å². The molecule has 0 radical (unpaired) electrons. The van der Waals surface area contributed by atoms with Crippen LogP contribution in [0.3, 0.4) is 0 Å². The van der Waals surface area contributed by atoms with Crippen LogP contribution in [-0.4, -0.2) is 17.2 Å². The van der Waals surface area contributed by atoms with Crippen molar-refractivity contribution in [3.05, 3.63) is 167 Å². The number of hydrogen-bond donors (Lipinski definition) is 2. The van der Waals surface area contributed by atoms with Gasteiger partial charge in [-0.2, -0.15) is 0 Å². The van der Waals surface area contributed by atoms with E-state index in [2.05, 4.69) is 147 Å². The molecule has 6 aromatic rings. The number of halogens is 5. The monoisotopic (exact) mass is 960 g/mol. The van der Waals surface area contributed by atoms with E-state index < -0.39 is 7.12 Å². The van der Waals surface area contributed by atoms with E-state index in [0.29, 0.717) is 5.46 Å². The molecule has 6 aromatic carbocycles. The molecular formula is C37H30BBr4IO2.